The topological polar surface area (TPSA) is 77.8 Å². The lowest BCUT2D eigenvalue weighted by molar-refractivity contribution is -0.242. The van der Waals surface area contributed by atoms with Crippen molar-refractivity contribution in [2.75, 3.05) is 0 Å². The minimum absolute atomic E-state index is 0.0344. The fraction of sp³-hybridized carbons (Fsp3) is 0.900. The molecule has 0 radical (unpaired) electrons. The number of aliphatic hydroxyl groups is 2. The minimum Gasteiger partial charge on any atom is -0.481 e. The van der Waals surface area contributed by atoms with Gasteiger partial charge in [-0.15, -0.1) is 0 Å². The zero-order valence-electron chi connectivity index (χ0n) is 22.6. The third-order valence-electron chi connectivity index (χ3n) is 12.9. The van der Waals surface area contributed by atoms with Crippen molar-refractivity contribution in [2.24, 2.45) is 50.2 Å². The molecule has 0 bridgehead atoms. The first-order valence-electron chi connectivity index (χ1n) is 13.9. The maximum Gasteiger partial charge on any atom is 0.310 e. The van der Waals surface area contributed by atoms with E-state index in [9.17, 15) is 20.1 Å². The van der Waals surface area contributed by atoms with E-state index in [0.29, 0.717) is 5.92 Å². The Kier molecular flexibility index (Phi) is 5.20. The van der Waals surface area contributed by atoms with Crippen molar-refractivity contribution in [2.45, 2.75) is 118 Å². The van der Waals surface area contributed by atoms with Gasteiger partial charge < -0.3 is 15.3 Å². The standard InChI is InChI=1S/C30H48O4/c1-25(2)12-14-30(24(33)34)15-13-28(6)18(19(30)16-25)8-9-21-27(5)11-10-22(32)26(3,4)23(27)20(31)17-29(21,28)7/h8,19-23,31-32H,9-17H2,1-7H3,(H,33,34)/t19-,20-,21-,22-,23-,27+,28-,29-,30-/m0/s1. The average molecular weight is 473 g/mol. The third kappa shape index (κ3) is 2.88. The Morgan fingerprint density at radius 1 is 0.912 bits per heavy atom. The molecule has 0 amide bonds. The zero-order chi connectivity index (χ0) is 25.1. The van der Waals surface area contributed by atoms with Gasteiger partial charge in [-0.25, -0.2) is 0 Å². The van der Waals surface area contributed by atoms with Gasteiger partial charge >= 0.3 is 5.97 Å². The van der Waals surface area contributed by atoms with Crippen LogP contribution < -0.4 is 0 Å². The molecule has 0 aromatic rings. The van der Waals surface area contributed by atoms with Crippen molar-refractivity contribution >= 4 is 5.97 Å². The van der Waals surface area contributed by atoms with E-state index < -0.39 is 17.5 Å². The molecule has 0 aromatic carbocycles. The number of fused-ring (bicyclic) bond motifs is 7. The van der Waals surface area contributed by atoms with E-state index >= 15 is 0 Å². The fourth-order valence-corrected chi connectivity index (χ4v) is 10.8. The summed E-state index contributed by atoms with van der Waals surface area (Å²) in [7, 11) is 0. The minimum atomic E-state index is -0.624. The highest BCUT2D eigenvalue weighted by molar-refractivity contribution is 5.76. The lowest BCUT2D eigenvalue weighted by Gasteiger charge is -2.72. The fourth-order valence-electron chi connectivity index (χ4n) is 10.8. The lowest BCUT2D eigenvalue weighted by atomic mass is 9.33. The van der Waals surface area contributed by atoms with Crippen LogP contribution in [-0.4, -0.2) is 33.5 Å². The molecular weight excluding hydrogens is 424 g/mol. The van der Waals surface area contributed by atoms with E-state index in [0.717, 1.165) is 57.8 Å². The molecule has 192 valence electrons. The van der Waals surface area contributed by atoms with Crippen LogP contribution in [0.2, 0.25) is 0 Å². The first-order chi connectivity index (χ1) is 15.6. The number of carboxylic acids is 1. The molecule has 0 unspecified atom stereocenters. The number of aliphatic carboxylic acids is 1. The molecular formula is C30H48O4. The Morgan fingerprint density at radius 2 is 1.56 bits per heavy atom. The molecule has 5 aliphatic carbocycles. The number of aliphatic hydroxyl groups excluding tert-OH is 2. The van der Waals surface area contributed by atoms with E-state index in [-0.39, 0.29) is 45.0 Å². The molecule has 4 saturated carbocycles. The summed E-state index contributed by atoms with van der Waals surface area (Å²) in [6.45, 7) is 16.2. The predicted octanol–water partition coefficient (Wildman–Crippen LogP) is 6.20. The van der Waals surface area contributed by atoms with E-state index in [1.165, 1.54) is 5.57 Å². The predicted molar refractivity (Wildman–Crippen MR) is 134 cm³/mol. The molecule has 3 N–H and O–H groups in total. The van der Waals surface area contributed by atoms with Crippen LogP contribution in [0, 0.1) is 50.2 Å². The highest BCUT2D eigenvalue weighted by atomic mass is 16.4. The Balaban J connectivity index is 1.63. The molecule has 0 aromatic heterocycles. The van der Waals surface area contributed by atoms with Gasteiger partial charge in [0.25, 0.3) is 0 Å². The summed E-state index contributed by atoms with van der Waals surface area (Å²) in [5.74, 6) is 0.0121. The maximum absolute atomic E-state index is 12.8. The van der Waals surface area contributed by atoms with Crippen LogP contribution in [0.5, 0.6) is 0 Å². The van der Waals surface area contributed by atoms with Crippen molar-refractivity contribution < 1.29 is 20.1 Å². The summed E-state index contributed by atoms with van der Waals surface area (Å²) in [6, 6.07) is 0. The Labute approximate surface area is 206 Å². The molecule has 0 heterocycles. The van der Waals surface area contributed by atoms with Crippen LogP contribution in [0.15, 0.2) is 11.6 Å². The molecule has 5 rings (SSSR count). The number of carboxylic acid groups (broad SMARTS) is 1. The van der Waals surface area contributed by atoms with Crippen LogP contribution in [0.4, 0.5) is 0 Å². The Morgan fingerprint density at radius 3 is 2.21 bits per heavy atom. The van der Waals surface area contributed by atoms with Crippen LogP contribution >= 0.6 is 0 Å². The van der Waals surface area contributed by atoms with E-state index in [4.69, 9.17) is 0 Å². The SMILES string of the molecule is CC1(C)CC[C@]2(C(=O)O)CC[C@@]3(C)C(=CC[C@H]4[C@@]5(C)CC[C@H](O)C(C)(C)[C@@H]5[C@@H](O)C[C@@]43C)[C@@H]2C1. The van der Waals surface area contributed by atoms with Gasteiger partial charge in [0.1, 0.15) is 0 Å². The summed E-state index contributed by atoms with van der Waals surface area (Å²) in [5, 5.41) is 33.1. The van der Waals surface area contributed by atoms with Crippen molar-refractivity contribution in [3.63, 3.8) is 0 Å². The van der Waals surface area contributed by atoms with E-state index in [1.54, 1.807) is 0 Å². The van der Waals surface area contributed by atoms with Gasteiger partial charge in [0.15, 0.2) is 0 Å². The van der Waals surface area contributed by atoms with E-state index in [1.807, 2.05) is 0 Å². The first-order valence-corrected chi connectivity index (χ1v) is 13.9. The molecule has 0 spiro atoms. The normalized spacial score (nSPS) is 53.4. The molecule has 9 atom stereocenters. The lowest BCUT2D eigenvalue weighted by Crippen LogP contribution is -2.68. The van der Waals surface area contributed by atoms with Gasteiger partial charge in [0, 0.05) is 0 Å². The summed E-state index contributed by atoms with van der Waals surface area (Å²) in [4.78, 5) is 12.8. The number of carbonyl (C=O) groups is 1. The molecule has 34 heavy (non-hydrogen) atoms. The molecule has 0 aliphatic heterocycles. The molecule has 4 heteroatoms. The smallest absolute Gasteiger partial charge is 0.310 e. The Bertz CT molecular complexity index is 919. The Hall–Kier alpha value is -0.870. The number of hydrogen-bond acceptors (Lipinski definition) is 3. The zero-order valence-corrected chi connectivity index (χ0v) is 22.6. The number of allylic oxidation sites excluding steroid dienone is 2. The first kappa shape index (κ1) is 24.8. The second kappa shape index (κ2) is 7.12. The van der Waals surface area contributed by atoms with Crippen molar-refractivity contribution in [1.29, 1.82) is 0 Å². The maximum atomic E-state index is 12.8. The van der Waals surface area contributed by atoms with Crippen LogP contribution in [0.1, 0.15) is 106 Å². The highest BCUT2D eigenvalue weighted by Gasteiger charge is 2.70. The van der Waals surface area contributed by atoms with Gasteiger partial charge in [-0.05, 0) is 103 Å². The molecule has 4 nitrogen and oxygen atoms in total. The second-order valence-electron chi connectivity index (χ2n) is 15.2. The quantitative estimate of drug-likeness (QED) is 0.397. The molecule has 0 saturated heterocycles. The van der Waals surface area contributed by atoms with Crippen LogP contribution in [0.3, 0.4) is 0 Å². The largest absolute Gasteiger partial charge is 0.481 e. The van der Waals surface area contributed by atoms with Gasteiger partial charge in [-0.2, -0.15) is 0 Å². The van der Waals surface area contributed by atoms with Gasteiger partial charge in [0.2, 0.25) is 0 Å². The number of rotatable bonds is 1. The van der Waals surface area contributed by atoms with Crippen molar-refractivity contribution in [3.05, 3.63) is 11.6 Å². The van der Waals surface area contributed by atoms with Crippen molar-refractivity contribution in [3.8, 4) is 0 Å². The summed E-state index contributed by atoms with van der Waals surface area (Å²) in [5.41, 5.74) is 0.421. The van der Waals surface area contributed by atoms with Gasteiger partial charge in [0.05, 0.1) is 17.6 Å². The average Bonchev–Trinajstić information content (AvgIpc) is 2.70. The van der Waals surface area contributed by atoms with Crippen LogP contribution in [-0.2, 0) is 4.79 Å². The van der Waals surface area contributed by atoms with Crippen molar-refractivity contribution in [1.82, 2.24) is 0 Å². The second-order valence-corrected chi connectivity index (χ2v) is 15.2. The van der Waals surface area contributed by atoms with Gasteiger partial charge in [-0.1, -0.05) is 60.1 Å². The van der Waals surface area contributed by atoms with Crippen LogP contribution in [0.25, 0.3) is 0 Å². The summed E-state index contributed by atoms with van der Waals surface area (Å²) < 4.78 is 0. The highest BCUT2D eigenvalue weighted by Crippen LogP contribution is 2.75. The third-order valence-corrected chi connectivity index (χ3v) is 12.9. The summed E-state index contributed by atoms with van der Waals surface area (Å²) >= 11 is 0. The monoisotopic (exact) mass is 472 g/mol. The molecule has 5 aliphatic rings. The molecule has 4 fully saturated rings. The summed E-state index contributed by atoms with van der Waals surface area (Å²) in [6.07, 6.45) is 9.49. The number of hydrogen-bond donors (Lipinski definition) is 3. The van der Waals surface area contributed by atoms with E-state index in [2.05, 4.69) is 54.5 Å². The van der Waals surface area contributed by atoms with Gasteiger partial charge in [-0.3, -0.25) is 4.79 Å².